The molecule has 1 N–H and O–H groups in total. The van der Waals surface area contributed by atoms with Crippen molar-refractivity contribution in [1.29, 1.82) is 0 Å². The normalized spacial score (nSPS) is 14.7. The standard InChI is InChI=1S/C33H39N7O5/c1-23(2)27-20-30(37-32(36-27)39-15-14-34-22-39)38-16-17-40(33(42)45-26-8-6-5-7-9-26)25(21-38)19-31(41)35-13-12-24-10-11-28(43-3)29(18-24)44-4/h5-11,14-15,18,20,22-23,25H,12-13,16-17,19,21H2,1-4H3,(H,35,41). The number of benzene rings is 2. The van der Waals surface area contributed by atoms with Gasteiger partial charge < -0.3 is 29.3 Å². The molecule has 1 aliphatic rings. The van der Waals surface area contributed by atoms with E-state index in [4.69, 9.17) is 24.2 Å². The summed E-state index contributed by atoms with van der Waals surface area (Å²) in [5.41, 5.74) is 1.89. The summed E-state index contributed by atoms with van der Waals surface area (Å²) < 4.78 is 18.2. The highest BCUT2D eigenvalue weighted by molar-refractivity contribution is 5.78. The largest absolute Gasteiger partial charge is 0.493 e. The van der Waals surface area contributed by atoms with Crippen LogP contribution in [0.1, 0.15) is 37.4 Å². The van der Waals surface area contributed by atoms with Gasteiger partial charge in [0.1, 0.15) is 17.9 Å². The van der Waals surface area contributed by atoms with Crippen molar-refractivity contribution < 1.29 is 23.8 Å². The molecule has 1 unspecified atom stereocenters. The number of piperazine rings is 1. The van der Waals surface area contributed by atoms with Crippen LogP contribution >= 0.6 is 0 Å². The molecule has 5 rings (SSSR count). The smallest absolute Gasteiger partial charge is 0.415 e. The Balaban J connectivity index is 1.31. The van der Waals surface area contributed by atoms with Gasteiger partial charge in [-0.25, -0.2) is 14.8 Å². The molecule has 12 heteroatoms. The summed E-state index contributed by atoms with van der Waals surface area (Å²) in [6.07, 6.45) is 5.36. The maximum absolute atomic E-state index is 13.4. The van der Waals surface area contributed by atoms with Gasteiger partial charge in [0.15, 0.2) is 11.5 Å². The van der Waals surface area contributed by atoms with E-state index in [1.54, 1.807) is 54.5 Å². The third-order valence-electron chi connectivity index (χ3n) is 7.64. The van der Waals surface area contributed by atoms with Crippen LogP contribution in [0.4, 0.5) is 10.6 Å². The molecule has 2 amide bonds. The zero-order valence-electron chi connectivity index (χ0n) is 26.1. The van der Waals surface area contributed by atoms with Gasteiger partial charge in [0, 0.05) is 51.1 Å². The molecule has 1 saturated heterocycles. The molecule has 0 bridgehead atoms. The van der Waals surface area contributed by atoms with Crippen LogP contribution in [0, 0.1) is 0 Å². The van der Waals surface area contributed by atoms with Gasteiger partial charge in [-0.15, -0.1) is 0 Å². The summed E-state index contributed by atoms with van der Waals surface area (Å²) in [4.78, 5) is 44.1. The van der Waals surface area contributed by atoms with Gasteiger partial charge in [-0.2, -0.15) is 4.98 Å². The minimum absolute atomic E-state index is 0.100. The molecule has 4 aromatic rings. The van der Waals surface area contributed by atoms with Gasteiger partial charge in [0.25, 0.3) is 0 Å². The number of carbonyl (C=O) groups excluding carboxylic acids is 2. The molecule has 12 nitrogen and oxygen atoms in total. The van der Waals surface area contributed by atoms with E-state index < -0.39 is 12.1 Å². The quantitative estimate of drug-likeness (QED) is 0.265. The second-order valence-corrected chi connectivity index (χ2v) is 11.0. The highest BCUT2D eigenvalue weighted by Gasteiger charge is 2.34. The number of para-hydroxylation sites is 1. The molecular formula is C33H39N7O5. The Bertz CT molecular complexity index is 1580. The summed E-state index contributed by atoms with van der Waals surface area (Å²) in [6, 6.07) is 16.2. The lowest BCUT2D eigenvalue weighted by Gasteiger charge is -2.41. The number of ether oxygens (including phenoxy) is 3. The predicted octanol–water partition coefficient (Wildman–Crippen LogP) is 4.24. The Hall–Kier alpha value is -5.13. The first-order chi connectivity index (χ1) is 21.8. The Morgan fingerprint density at radius 2 is 1.80 bits per heavy atom. The van der Waals surface area contributed by atoms with Crippen LogP contribution in [-0.4, -0.2) is 82.9 Å². The maximum Gasteiger partial charge on any atom is 0.415 e. The molecule has 0 radical (unpaired) electrons. The number of methoxy groups -OCH3 is 2. The molecule has 0 aliphatic carbocycles. The molecule has 3 heterocycles. The molecule has 236 valence electrons. The Kier molecular flexibility index (Phi) is 10.1. The fraction of sp³-hybridized carbons (Fsp3) is 0.364. The second kappa shape index (κ2) is 14.6. The molecular weight excluding hydrogens is 574 g/mol. The van der Waals surface area contributed by atoms with E-state index in [0.717, 1.165) is 17.1 Å². The predicted molar refractivity (Wildman–Crippen MR) is 169 cm³/mol. The summed E-state index contributed by atoms with van der Waals surface area (Å²) in [6.45, 7) is 5.85. The molecule has 2 aromatic heterocycles. The van der Waals surface area contributed by atoms with Gasteiger partial charge in [-0.1, -0.05) is 38.1 Å². The zero-order valence-corrected chi connectivity index (χ0v) is 26.1. The van der Waals surface area contributed by atoms with Crippen LogP contribution in [0.2, 0.25) is 0 Å². The van der Waals surface area contributed by atoms with Crippen molar-refractivity contribution in [2.24, 2.45) is 0 Å². The highest BCUT2D eigenvalue weighted by atomic mass is 16.6. The molecule has 0 spiro atoms. The topological polar surface area (TPSA) is 124 Å². The van der Waals surface area contributed by atoms with Crippen molar-refractivity contribution in [1.82, 2.24) is 29.7 Å². The van der Waals surface area contributed by atoms with Gasteiger partial charge in [-0.3, -0.25) is 9.36 Å². The fourth-order valence-corrected chi connectivity index (χ4v) is 5.19. The lowest BCUT2D eigenvalue weighted by molar-refractivity contribution is -0.122. The first-order valence-corrected chi connectivity index (χ1v) is 15.0. The average molecular weight is 614 g/mol. The van der Waals surface area contributed by atoms with Crippen molar-refractivity contribution in [3.05, 3.63) is 84.6 Å². The maximum atomic E-state index is 13.4. The fourth-order valence-electron chi connectivity index (χ4n) is 5.19. The van der Waals surface area contributed by atoms with Crippen molar-refractivity contribution in [3.63, 3.8) is 0 Å². The van der Waals surface area contributed by atoms with Gasteiger partial charge >= 0.3 is 6.09 Å². The van der Waals surface area contributed by atoms with Crippen LogP contribution in [0.15, 0.2) is 73.3 Å². The van der Waals surface area contributed by atoms with Crippen LogP contribution in [0.3, 0.4) is 0 Å². The molecule has 2 aromatic carbocycles. The minimum atomic E-state index is -0.492. The number of hydrogen-bond donors (Lipinski definition) is 1. The van der Waals surface area contributed by atoms with E-state index in [1.165, 1.54) is 0 Å². The Morgan fingerprint density at radius 1 is 1.00 bits per heavy atom. The van der Waals surface area contributed by atoms with Crippen LogP contribution in [-0.2, 0) is 11.2 Å². The number of hydrogen-bond acceptors (Lipinski definition) is 9. The first-order valence-electron chi connectivity index (χ1n) is 15.0. The minimum Gasteiger partial charge on any atom is -0.493 e. The van der Waals surface area contributed by atoms with E-state index in [0.29, 0.717) is 55.8 Å². The van der Waals surface area contributed by atoms with Crippen molar-refractivity contribution in [2.45, 2.75) is 38.6 Å². The van der Waals surface area contributed by atoms with Crippen LogP contribution in [0.25, 0.3) is 5.95 Å². The van der Waals surface area contributed by atoms with E-state index in [1.807, 2.05) is 42.5 Å². The van der Waals surface area contributed by atoms with Gasteiger partial charge in [0.05, 0.1) is 26.0 Å². The van der Waals surface area contributed by atoms with E-state index in [2.05, 4.69) is 29.0 Å². The molecule has 1 aliphatic heterocycles. The summed E-state index contributed by atoms with van der Waals surface area (Å²) >= 11 is 0. The van der Waals surface area contributed by atoms with Crippen molar-refractivity contribution >= 4 is 17.8 Å². The lowest BCUT2D eigenvalue weighted by atomic mass is 10.1. The third kappa shape index (κ3) is 7.88. The van der Waals surface area contributed by atoms with E-state index in [9.17, 15) is 9.59 Å². The Labute approximate surface area is 263 Å². The first kappa shape index (κ1) is 31.3. The Morgan fingerprint density at radius 3 is 2.51 bits per heavy atom. The van der Waals surface area contributed by atoms with Crippen molar-refractivity contribution in [3.8, 4) is 23.2 Å². The average Bonchev–Trinajstić information content (AvgIpc) is 3.60. The molecule has 1 fully saturated rings. The summed E-state index contributed by atoms with van der Waals surface area (Å²) in [7, 11) is 3.19. The molecule has 45 heavy (non-hydrogen) atoms. The number of rotatable bonds is 11. The number of amides is 2. The molecule has 1 atom stereocenters. The number of nitrogens with one attached hydrogen (secondary N) is 1. The number of imidazole rings is 1. The van der Waals surface area contributed by atoms with E-state index in [-0.39, 0.29) is 18.2 Å². The monoisotopic (exact) mass is 613 g/mol. The van der Waals surface area contributed by atoms with Crippen LogP contribution < -0.4 is 24.4 Å². The second-order valence-electron chi connectivity index (χ2n) is 11.0. The number of aromatic nitrogens is 4. The third-order valence-corrected chi connectivity index (χ3v) is 7.64. The van der Waals surface area contributed by atoms with Gasteiger partial charge in [-0.05, 0) is 42.2 Å². The summed E-state index contributed by atoms with van der Waals surface area (Å²) in [5.74, 6) is 2.99. The lowest BCUT2D eigenvalue weighted by Crippen LogP contribution is -2.57. The summed E-state index contributed by atoms with van der Waals surface area (Å²) in [5, 5.41) is 3.02. The van der Waals surface area contributed by atoms with Gasteiger partial charge in [0.2, 0.25) is 11.9 Å². The van der Waals surface area contributed by atoms with Crippen molar-refractivity contribution in [2.75, 3.05) is 45.3 Å². The number of nitrogens with zero attached hydrogens (tertiary/aromatic N) is 6. The SMILES string of the molecule is COc1ccc(CCNC(=O)CC2CN(c3cc(C(C)C)nc(-n4ccnc4)n3)CCN2C(=O)Oc2ccccc2)cc1OC. The zero-order chi connectivity index (χ0) is 31.8. The highest BCUT2D eigenvalue weighted by Crippen LogP contribution is 2.28. The number of carbonyl (C=O) groups is 2. The van der Waals surface area contributed by atoms with E-state index >= 15 is 0 Å². The van der Waals surface area contributed by atoms with Crippen LogP contribution in [0.5, 0.6) is 17.2 Å². The molecule has 0 saturated carbocycles. The number of anilines is 1.